The fraction of sp³-hybridized carbons (Fsp3) is 0.391. The molecule has 154 valence electrons. The minimum Gasteiger partial charge on any atom is -0.354 e. The van der Waals surface area contributed by atoms with E-state index < -0.39 is 0 Å². The quantitative estimate of drug-likeness (QED) is 0.367. The molecule has 0 amide bonds. The van der Waals surface area contributed by atoms with Gasteiger partial charge in [0.15, 0.2) is 5.96 Å². The van der Waals surface area contributed by atoms with Crippen LogP contribution in [0.15, 0.2) is 59.6 Å². The average molecular weight is 503 g/mol. The molecule has 3 rings (SSSR count). The summed E-state index contributed by atoms with van der Waals surface area (Å²) in [5.41, 5.74) is 3.14. The first-order valence-corrected chi connectivity index (χ1v) is 9.95. The zero-order chi connectivity index (χ0) is 19.8. The maximum Gasteiger partial charge on any atom is 0.191 e. The van der Waals surface area contributed by atoms with Gasteiger partial charge in [-0.25, -0.2) is 0 Å². The maximum atomic E-state index is 9.02. The summed E-state index contributed by atoms with van der Waals surface area (Å²) in [6.45, 7) is 5.10. The van der Waals surface area contributed by atoms with E-state index in [1.165, 1.54) is 5.56 Å². The topological polar surface area (TPSA) is 63.5 Å². The molecule has 0 aromatic heterocycles. The van der Waals surface area contributed by atoms with E-state index in [-0.39, 0.29) is 24.0 Å². The van der Waals surface area contributed by atoms with Gasteiger partial charge in [-0.2, -0.15) is 5.26 Å². The molecule has 5 nitrogen and oxygen atoms in total. The van der Waals surface area contributed by atoms with Crippen LogP contribution >= 0.6 is 24.0 Å². The fourth-order valence-electron chi connectivity index (χ4n) is 3.70. The first-order valence-electron chi connectivity index (χ1n) is 9.95. The van der Waals surface area contributed by atoms with Crippen LogP contribution in [0, 0.1) is 11.3 Å². The molecule has 1 heterocycles. The van der Waals surface area contributed by atoms with Crippen molar-refractivity contribution in [1.29, 1.82) is 5.26 Å². The summed E-state index contributed by atoms with van der Waals surface area (Å²) in [5.74, 6) is 0.817. The van der Waals surface area contributed by atoms with Crippen molar-refractivity contribution in [3.63, 3.8) is 0 Å². The Kier molecular flexibility index (Phi) is 9.42. The van der Waals surface area contributed by atoms with Crippen molar-refractivity contribution in [2.75, 3.05) is 20.1 Å². The Balaban J connectivity index is 0.00000300. The molecule has 0 saturated carbocycles. The third-order valence-corrected chi connectivity index (χ3v) is 5.44. The lowest BCUT2D eigenvalue weighted by atomic mass is 10.0. The van der Waals surface area contributed by atoms with Crippen LogP contribution in [-0.4, -0.2) is 37.0 Å². The number of piperidine rings is 1. The van der Waals surface area contributed by atoms with E-state index in [4.69, 9.17) is 5.26 Å². The van der Waals surface area contributed by atoms with Crippen LogP contribution in [0.2, 0.25) is 0 Å². The van der Waals surface area contributed by atoms with Gasteiger partial charge in [-0.05, 0) is 43.0 Å². The largest absolute Gasteiger partial charge is 0.354 e. The number of likely N-dealkylation sites (tertiary alicyclic amines) is 1. The van der Waals surface area contributed by atoms with E-state index in [0.717, 1.165) is 37.5 Å². The van der Waals surface area contributed by atoms with E-state index in [2.05, 4.69) is 63.9 Å². The Morgan fingerprint density at radius 1 is 1.17 bits per heavy atom. The second kappa shape index (κ2) is 11.8. The van der Waals surface area contributed by atoms with Crippen LogP contribution in [0.3, 0.4) is 0 Å². The van der Waals surface area contributed by atoms with Gasteiger partial charge in [-0.3, -0.25) is 9.89 Å². The van der Waals surface area contributed by atoms with Gasteiger partial charge in [-0.1, -0.05) is 42.5 Å². The van der Waals surface area contributed by atoms with Gasteiger partial charge in [0.2, 0.25) is 0 Å². The molecule has 1 fully saturated rings. The first kappa shape index (κ1) is 23.2. The number of nitrogens with zero attached hydrogens (tertiary/aromatic N) is 3. The highest BCUT2D eigenvalue weighted by Gasteiger charge is 2.23. The number of nitriles is 1. The molecule has 1 aliphatic rings. The zero-order valence-corrected chi connectivity index (χ0v) is 19.5. The highest BCUT2D eigenvalue weighted by atomic mass is 127. The molecule has 6 heteroatoms. The molecule has 2 aromatic carbocycles. The first-order chi connectivity index (χ1) is 13.7. The van der Waals surface area contributed by atoms with E-state index >= 15 is 0 Å². The molecule has 29 heavy (non-hydrogen) atoms. The standard InChI is InChI=1S/C23H29N5.HI/c1-18(21-9-4-3-5-10-21)28-13-11-22(12-14-28)27-23(25-2)26-17-20-8-6-7-19(15-20)16-24;/h3-10,15,18,22H,11-14,17H2,1-2H3,(H2,25,26,27);1H. The molecule has 1 atom stereocenters. The molecule has 1 unspecified atom stereocenters. The molecule has 2 N–H and O–H groups in total. The summed E-state index contributed by atoms with van der Waals surface area (Å²) < 4.78 is 0. The van der Waals surface area contributed by atoms with Crippen LogP contribution in [-0.2, 0) is 6.54 Å². The Morgan fingerprint density at radius 2 is 1.90 bits per heavy atom. The zero-order valence-electron chi connectivity index (χ0n) is 17.1. The van der Waals surface area contributed by atoms with Crippen molar-refractivity contribution in [1.82, 2.24) is 15.5 Å². The SMILES string of the molecule is CN=C(NCc1cccc(C#N)c1)NC1CCN(C(C)c2ccccc2)CC1.I. The highest BCUT2D eigenvalue weighted by Crippen LogP contribution is 2.23. The number of hydrogen-bond donors (Lipinski definition) is 2. The second-order valence-electron chi connectivity index (χ2n) is 7.28. The Morgan fingerprint density at radius 3 is 2.55 bits per heavy atom. The fourth-order valence-corrected chi connectivity index (χ4v) is 3.70. The van der Waals surface area contributed by atoms with Crippen LogP contribution in [0.1, 0.15) is 42.5 Å². The molecule has 1 saturated heterocycles. The van der Waals surface area contributed by atoms with Crippen LogP contribution in [0.25, 0.3) is 0 Å². The van der Waals surface area contributed by atoms with E-state index in [1.54, 1.807) is 7.05 Å². The predicted octanol–water partition coefficient (Wildman–Crippen LogP) is 4.07. The predicted molar refractivity (Wildman–Crippen MR) is 129 cm³/mol. The van der Waals surface area contributed by atoms with Crippen LogP contribution in [0.4, 0.5) is 0 Å². The normalized spacial score (nSPS) is 16.4. The van der Waals surface area contributed by atoms with E-state index in [0.29, 0.717) is 24.2 Å². The van der Waals surface area contributed by atoms with Gasteiger partial charge in [0.25, 0.3) is 0 Å². The minimum absolute atomic E-state index is 0. The van der Waals surface area contributed by atoms with Crippen LogP contribution < -0.4 is 10.6 Å². The Hall–Kier alpha value is -2.11. The monoisotopic (exact) mass is 503 g/mol. The lowest BCUT2D eigenvalue weighted by Crippen LogP contribution is -2.48. The third kappa shape index (κ3) is 6.72. The highest BCUT2D eigenvalue weighted by molar-refractivity contribution is 14.0. The summed E-state index contributed by atoms with van der Waals surface area (Å²) in [5, 5.41) is 15.9. The number of rotatable bonds is 5. The summed E-state index contributed by atoms with van der Waals surface area (Å²) >= 11 is 0. The van der Waals surface area contributed by atoms with Gasteiger partial charge in [0.1, 0.15) is 0 Å². The van der Waals surface area contributed by atoms with E-state index in [1.807, 2.05) is 24.3 Å². The Bertz CT molecular complexity index is 823. The number of halogens is 1. The third-order valence-electron chi connectivity index (χ3n) is 5.44. The number of nitrogens with one attached hydrogen (secondary N) is 2. The molecule has 0 radical (unpaired) electrons. The van der Waals surface area contributed by atoms with Crippen LogP contribution in [0.5, 0.6) is 0 Å². The molecular weight excluding hydrogens is 473 g/mol. The van der Waals surface area contributed by atoms with Crippen molar-refractivity contribution >= 4 is 29.9 Å². The summed E-state index contributed by atoms with van der Waals surface area (Å²) in [6.07, 6.45) is 2.20. The molecule has 0 aliphatic carbocycles. The van der Waals surface area contributed by atoms with Crippen molar-refractivity contribution in [2.24, 2.45) is 4.99 Å². The molecule has 2 aromatic rings. The minimum atomic E-state index is 0. The number of guanidine groups is 1. The molecule has 0 spiro atoms. The van der Waals surface area contributed by atoms with Gasteiger partial charge < -0.3 is 10.6 Å². The summed E-state index contributed by atoms with van der Waals surface area (Å²) in [4.78, 5) is 6.91. The van der Waals surface area contributed by atoms with Gasteiger partial charge in [0.05, 0.1) is 11.6 Å². The summed E-state index contributed by atoms with van der Waals surface area (Å²) in [7, 11) is 1.80. The van der Waals surface area contributed by atoms with Crippen molar-refractivity contribution in [3.05, 3.63) is 71.3 Å². The Labute approximate surface area is 191 Å². The maximum absolute atomic E-state index is 9.02. The average Bonchev–Trinajstić information content (AvgIpc) is 2.77. The van der Waals surface area contributed by atoms with Crippen molar-refractivity contribution in [2.45, 2.75) is 38.4 Å². The number of aliphatic imine (C=N–C) groups is 1. The number of hydrogen-bond acceptors (Lipinski definition) is 3. The second-order valence-corrected chi connectivity index (χ2v) is 7.28. The van der Waals surface area contributed by atoms with Crippen molar-refractivity contribution < 1.29 is 0 Å². The smallest absolute Gasteiger partial charge is 0.191 e. The van der Waals surface area contributed by atoms with Gasteiger partial charge in [-0.15, -0.1) is 24.0 Å². The van der Waals surface area contributed by atoms with Gasteiger partial charge in [0, 0.05) is 38.8 Å². The lowest BCUT2D eigenvalue weighted by Gasteiger charge is -2.37. The van der Waals surface area contributed by atoms with E-state index in [9.17, 15) is 0 Å². The van der Waals surface area contributed by atoms with Crippen molar-refractivity contribution in [3.8, 4) is 6.07 Å². The lowest BCUT2D eigenvalue weighted by molar-refractivity contribution is 0.158. The molecule has 0 bridgehead atoms. The summed E-state index contributed by atoms with van der Waals surface area (Å²) in [6, 6.07) is 21.4. The molecule has 1 aliphatic heterocycles. The molecular formula is C23H30IN5. The van der Waals surface area contributed by atoms with Gasteiger partial charge >= 0.3 is 0 Å². The number of benzene rings is 2.